The van der Waals surface area contributed by atoms with Gasteiger partial charge in [-0.25, -0.2) is 4.39 Å². The van der Waals surface area contributed by atoms with Gasteiger partial charge in [0.1, 0.15) is 12.4 Å². The molecule has 0 unspecified atom stereocenters. The highest BCUT2D eigenvalue weighted by Gasteiger charge is 2.09. The topological polar surface area (TPSA) is 47.6 Å². The average molecular weight is 365 g/mol. The fourth-order valence-corrected chi connectivity index (χ4v) is 2.59. The molecule has 0 saturated heterocycles. The summed E-state index contributed by atoms with van der Waals surface area (Å²) in [5, 5.41) is 2.77. The van der Waals surface area contributed by atoms with Crippen LogP contribution in [0.4, 0.5) is 4.39 Å². The summed E-state index contributed by atoms with van der Waals surface area (Å²) in [6, 6.07) is 20.9. The van der Waals surface area contributed by atoms with Crippen LogP contribution in [0.1, 0.15) is 21.5 Å². The van der Waals surface area contributed by atoms with Gasteiger partial charge >= 0.3 is 0 Å². The van der Waals surface area contributed by atoms with Gasteiger partial charge in [0.2, 0.25) is 0 Å². The molecule has 27 heavy (non-hydrogen) atoms. The second-order valence-corrected chi connectivity index (χ2v) is 5.95. The minimum absolute atomic E-state index is 0.282. The van der Waals surface area contributed by atoms with Gasteiger partial charge in [0.05, 0.1) is 7.11 Å². The van der Waals surface area contributed by atoms with E-state index in [-0.39, 0.29) is 11.5 Å². The molecule has 0 atom stereocenters. The van der Waals surface area contributed by atoms with Crippen molar-refractivity contribution in [2.45, 2.75) is 13.2 Å². The molecule has 0 aliphatic heterocycles. The lowest BCUT2D eigenvalue weighted by molar-refractivity contribution is 0.0950. The molecule has 138 valence electrons. The molecule has 3 aromatic carbocycles. The third kappa shape index (κ3) is 5.07. The minimum atomic E-state index is -0.441. The van der Waals surface area contributed by atoms with E-state index in [9.17, 15) is 9.18 Å². The highest BCUT2D eigenvalue weighted by molar-refractivity contribution is 5.94. The van der Waals surface area contributed by atoms with Gasteiger partial charge < -0.3 is 14.8 Å². The van der Waals surface area contributed by atoms with Gasteiger partial charge in [0, 0.05) is 12.1 Å². The molecular formula is C22H20FNO3. The van der Waals surface area contributed by atoms with Gasteiger partial charge in [0.15, 0.2) is 11.5 Å². The van der Waals surface area contributed by atoms with E-state index < -0.39 is 5.82 Å². The molecule has 0 spiro atoms. The second-order valence-electron chi connectivity index (χ2n) is 5.95. The largest absolute Gasteiger partial charge is 0.493 e. The zero-order valence-electron chi connectivity index (χ0n) is 14.9. The number of nitrogens with one attached hydrogen (secondary N) is 1. The summed E-state index contributed by atoms with van der Waals surface area (Å²) in [5.74, 6) is 0.437. The summed E-state index contributed by atoms with van der Waals surface area (Å²) in [7, 11) is 1.57. The predicted molar refractivity (Wildman–Crippen MR) is 101 cm³/mol. The van der Waals surface area contributed by atoms with Crippen molar-refractivity contribution >= 4 is 5.91 Å². The normalized spacial score (nSPS) is 10.3. The van der Waals surface area contributed by atoms with Gasteiger partial charge in [-0.1, -0.05) is 42.5 Å². The first-order valence-electron chi connectivity index (χ1n) is 8.53. The molecule has 1 N–H and O–H groups in total. The number of carbonyl (C=O) groups is 1. The van der Waals surface area contributed by atoms with E-state index in [1.165, 1.54) is 18.2 Å². The molecule has 1 amide bonds. The second kappa shape index (κ2) is 8.85. The van der Waals surface area contributed by atoms with Crippen molar-refractivity contribution in [3.63, 3.8) is 0 Å². The van der Waals surface area contributed by atoms with Crippen molar-refractivity contribution in [2.75, 3.05) is 7.11 Å². The molecule has 3 aromatic rings. The lowest BCUT2D eigenvalue weighted by atomic mass is 10.1. The molecule has 0 radical (unpaired) electrons. The Balaban J connectivity index is 1.62. The van der Waals surface area contributed by atoms with E-state index >= 15 is 0 Å². The van der Waals surface area contributed by atoms with Crippen molar-refractivity contribution < 1.29 is 18.7 Å². The molecule has 0 bridgehead atoms. The van der Waals surface area contributed by atoms with E-state index in [1.807, 2.05) is 48.5 Å². The van der Waals surface area contributed by atoms with E-state index in [0.29, 0.717) is 24.7 Å². The molecule has 0 aliphatic carbocycles. The molecule has 3 rings (SSSR count). The van der Waals surface area contributed by atoms with Crippen LogP contribution in [-0.4, -0.2) is 13.0 Å². The Kier molecular flexibility index (Phi) is 6.05. The van der Waals surface area contributed by atoms with Crippen molar-refractivity contribution in [3.05, 3.63) is 95.3 Å². The zero-order chi connectivity index (χ0) is 19.1. The standard InChI is InChI=1S/C22H20FNO3/c1-26-21-12-17(14-24-22(25)18-8-5-9-19(23)13-18)10-11-20(21)27-15-16-6-3-2-4-7-16/h2-13H,14-15H2,1H3,(H,24,25). The molecular weight excluding hydrogens is 345 g/mol. The fourth-order valence-electron chi connectivity index (χ4n) is 2.59. The SMILES string of the molecule is COc1cc(CNC(=O)c2cccc(F)c2)ccc1OCc1ccccc1. The van der Waals surface area contributed by atoms with Crippen LogP contribution in [-0.2, 0) is 13.2 Å². The van der Waals surface area contributed by atoms with Crippen LogP contribution in [0.3, 0.4) is 0 Å². The van der Waals surface area contributed by atoms with Gasteiger partial charge in [-0.15, -0.1) is 0 Å². The third-order valence-corrected chi connectivity index (χ3v) is 4.01. The van der Waals surface area contributed by atoms with E-state index in [2.05, 4.69) is 5.32 Å². The number of carbonyl (C=O) groups excluding carboxylic acids is 1. The monoisotopic (exact) mass is 365 g/mol. The molecule has 0 heterocycles. The Morgan fingerprint density at radius 3 is 2.48 bits per heavy atom. The molecule has 0 saturated carbocycles. The number of methoxy groups -OCH3 is 1. The highest BCUT2D eigenvalue weighted by atomic mass is 19.1. The molecule has 0 fully saturated rings. The highest BCUT2D eigenvalue weighted by Crippen LogP contribution is 2.28. The number of rotatable bonds is 7. The number of amides is 1. The summed E-state index contributed by atoms with van der Waals surface area (Å²) in [4.78, 5) is 12.1. The summed E-state index contributed by atoms with van der Waals surface area (Å²) >= 11 is 0. The van der Waals surface area contributed by atoms with Crippen molar-refractivity contribution in [1.82, 2.24) is 5.32 Å². The molecule has 4 nitrogen and oxygen atoms in total. The van der Waals surface area contributed by atoms with Crippen LogP contribution in [0.2, 0.25) is 0 Å². The minimum Gasteiger partial charge on any atom is -0.493 e. The average Bonchev–Trinajstić information content (AvgIpc) is 2.71. The van der Waals surface area contributed by atoms with Crippen LogP contribution < -0.4 is 14.8 Å². The van der Waals surface area contributed by atoms with Crippen LogP contribution in [0.5, 0.6) is 11.5 Å². The maximum absolute atomic E-state index is 13.2. The van der Waals surface area contributed by atoms with Gasteiger partial charge in [-0.05, 0) is 41.5 Å². The lowest BCUT2D eigenvalue weighted by Gasteiger charge is -2.13. The Morgan fingerprint density at radius 2 is 1.74 bits per heavy atom. The summed E-state index contributed by atoms with van der Waals surface area (Å²) in [6.45, 7) is 0.734. The maximum Gasteiger partial charge on any atom is 0.251 e. The van der Waals surface area contributed by atoms with Crippen molar-refractivity contribution in [2.24, 2.45) is 0 Å². The smallest absolute Gasteiger partial charge is 0.251 e. The summed E-state index contributed by atoms with van der Waals surface area (Å²) in [5.41, 5.74) is 2.19. The Labute approximate surface area is 157 Å². The third-order valence-electron chi connectivity index (χ3n) is 4.01. The van der Waals surface area contributed by atoms with E-state index in [1.54, 1.807) is 13.2 Å². The number of ether oxygens (including phenoxy) is 2. The van der Waals surface area contributed by atoms with Crippen LogP contribution in [0.25, 0.3) is 0 Å². The number of halogens is 1. The van der Waals surface area contributed by atoms with Crippen molar-refractivity contribution in [1.29, 1.82) is 0 Å². The van der Waals surface area contributed by atoms with Gasteiger partial charge in [0.25, 0.3) is 5.91 Å². The number of hydrogen-bond acceptors (Lipinski definition) is 3. The van der Waals surface area contributed by atoms with Crippen molar-refractivity contribution in [3.8, 4) is 11.5 Å². The summed E-state index contributed by atoms with van der Waals surface area (Å²) < 4.78 is 24.4. The van der Waals surface area contributed by atoms with Crippen LogP contribution >= 0.6 is 0 Å². The van der Waals surface area contributed by atoms with Gasteiger partial charge in [-0.3, -0.25) is 4.79 Å². The predicted octanol–water partition coefficient (Wildman–Crippen LogP) is 4.34. The molecule has 0 aliphatic rings. The Bertz CT molecular complexity index is 912. The van der Waals surface area contributed by atoms with Gasteiger partial charge in [-0.2, -0.15) is 0 Å². The Hall–Kier alpha value is -3.34. The summed E-state index contributed by atoms with van der Waals surface area (Å²) in [6.07, 6.45) is 0. The number of benzene rings is 3. The van der Waals surface area contributed by atoms with E-state index in [4.69, 9.17) is 9.47 Å². The van der Waals surface area contributed by atoms with E-state index in [0.717, 1.165) is 11.1 Å². The molecule has 5 heteroatoms. The molecule has 0 aromatic heterocycles. The zero-order valence-corrected chi connectivity index (χ0v) is 14.9. The first kappa shape index (κ1) is 18.5. The van der Waals surface area contributed by atoms with Crippen LogP contribution in [0, 0.1) is 5.82 Å². The lowest BCUT2D eigenvalue weighted by Crippen LogP contribution is -2.22. The first-order valence-corrected chi connectivity index (χ1v) is 8.53. The maximum atomic E-state index is 13.2. The number of hydrogen-bond donors (Lipinski definition) is 1. The Morgan fingerprint density at radius 1 is 0.926 bits per heavy atom. The van der Waals surface area contributed by atoms with Crippen LogP contribution in [0.15, 0.2) is 72.8 Å². The first-order chi connectivity index (χ1) is 13.2. The fraction of sp³-hybridized carbons (Fsp3) is 0.136. The quantitative estimate of drug-likeness (QED) is 0.677.